The maximum absolute atomic E-state index is 13.5. The van der Waals surface area contributed by atoms with E-state index in [0.717, 1.165) is 45.4 Å². The Bertz CT molecular complexity index is 995. The smallest absolute Gasteiger partial charge is 0.260 e. The molecule has 1 unspecified atom stereocenters. The predicted octanol–water partition coefficient (Wildman–Crippen LogP) is 4.91. The summed E-state index contributed by atoms with van der Waals surface area (Å²) in [4.78, 5) is 23.3. The largest absolute Gasteiger partial charge is 0.378 e. The van der Waals surface area contributed by atoms with Gasteiger partial charge in [0.2, 0.25) is 0 Å². The van der Waals surface area contributed by atoms with Gasteiger partial charge in [-0.2, -0.15) is 0 Å². The van der Waals surface area contributed by atoms with Gasteiger partial charge in [0.05, 0.1) is 22.9 Å². The van der Waals surface area contributed by atoms with Crippen LogP contribution in [-0.4, -0.2) is 50.5 Å². The SMILES string of the molecule is CSc1cccc2sc(N(CC3CCCO3)C(=O)c3ccc(N(C)C)cc3)nc12. The van der Waals surface area contributed by atoms with Gasteiger partial charge in [0.25, 0.3) is 5.91 Å². The lowest BCUT2D eigenvalue weighted by molar-refractivity contribution is 0.0917. The number of rotatable bonds is 6. The van der Waals surface area contributed by atoms with Crippen LogP contribution >= 0.6 is 23.1 Å². The van der Waals surface area contributed by atoms with Crippen molar-refractivity contribution in [2.24, 2.45) is 0 Å². The van der Waals surface area contributed by atoms with Crippen LogP contribution in [0.3, 0.4) is 0 Å². The zero-order chi connectivity index (χ0) is 20.4. The van der Waals surface area contributed by atoms with Gasteiger partial charge in [-0.25, -0.2) is 4.98 Å². The third-order valence-corrected chi connectivity index (χ3v) is 6.92. The van der Waals surface area contributed by atoms with Crippen molar-refractivity contribution in [3.63, 3.8) is 0 Å². The molecular formula is C22H25N3O2S2. The summed E-state index contributed by atoms with van der Waals surface area (Å²) in [6, 6.07) is 13.9. The van der Waals surface area contributed by atoms with Crippen LogP contribution in [0.4, 0.5) is 10.8 Å². The Morgan fingerprint density at radius 2 is 2.03 bits per heavy atom. The number of aromatic nitrogens is 1. The highest BCUT2D eigenvalue weighted by Gasteiger charge is 2.27. The number of thiazole rings is 1. The number of benzene rings is 2. The van der Waals surface area contributed by atoms with E-state index < -0.39 is 0 Å². The van der Waals surface area contributed by atoms with Gasteiger partial charge in [-0.1, -0.05) is 17.4 Å². The molecule has 0 N–H and O–H groups in total. The van der Waals surface area contributed by atoms with Crippen molar-refractivity contribution < 1.29 is 9.53 Å². The molecule has 1 aliphatic rings. The van der Waals surface area contributed by atoms with Crippen LogP contribution in [0, 0.1) is 0 Å². The summed E-state index contributed by atoms with van der Waals surface area (Å²) in [5, 5.41) is 0.735. The number of fused-ring (bicyclic) bond motifs is 1. The van der Waals surface area contributed by atoms with Crippen molar-refractivity contribution in [3.8, 4) is 0 Å². The van der Waals surface area contributed by atoms with Crippen molar-refractivity contribution >= 4 is 50.0 Å². The van der Waals surface area contributed by atoms with Crippen LogP contribution in [0.5, 0.6) is 0 Å². The molecule has 1 atom stereocenters. The zero-order valence-electron chi connectivity index (χ0n) is 16.9. The minimum atomic E-state index is -0.0319. The first-order valence-corrected chi connectivity index (χ1v) is 11.8. The van der Waals surface area contributed by atoms with Gasteiger partial charge >= 0.3 is 0 Å². The maximum atomic E-state index is 13.5. The van der Waals surface area contributed by atoms with E-state index in [-0.39, 0.29) is 12.0 Å². The lowest BCUT2D eigenvalue weighted by atomic mass is 10.1. The van der Waals surface area contributed by atoms with Crippen LogP contribution in [0.2, 0.25) is 0 Å². The van der Waals surface area contributed by atoms with Gasteiger partial charge in [-0.15, -0.1) is 11.8 Å². The molecular weight excluding hydrogens is 402 g/mol. The summed E-state index contributed by atoms with van der Waals surface area (Å²) in [5.74, 6) is -0.0319. The number of para-hydroxylation sites is 1. The highest BCUT2D eigenvalue weighted by atomic mass is 32.2. The van der Waals surface area contributed by atoms with Gasteiger partial charge in [-0.05, 0) is 55.5 Å². The third kappa shape index (κ3) is 4.27. The van der Waals surface area contributed by atoms with E-state index in [4.69, 9.17) is 9.72 Å². The normalized spacial score (nSPS) is 16.3. The van der Waals surface area contributed by atoms with Crippen molar-refractivity contribution in [2.45, 2.75) is 23.8 Å². The first-order valence-electron chi connectivity index (χ1n) is 9.71. The molecule has 7 heteroatoms. The van der Waals surface area contributed by atoms with E-state index in [9.17, 15) is 4.79 Å². The molecule has 5 nitrogen and oxygen atoms in total. The molecule has 1 aliphatic heterocycles. The van der Waals surface area contributed by atoms with Gasteiger partial charge in [0.15, 0.2) is 5.13 Å². The van der Waals surface area contributed by atoms with Crippen molar-refractivity contribution in [1.29, 1.82) is 0 Å². The van der Waals surface area contributed by atoms with Crippen molar-refractivity contribution in [3.05, 3.63) is 48.0 Å². The fraction of sp³-hybridized carbons (Fsp3) is 0.364. The minimum absolute atomic E-state index is 0.0319. The van der Waals surface area contributed by atoms with E-state index in [0.29, 0.717) is 12.1 Å². The summed E-state index contributed by atoms with van der Waals surface area (Å²) < 4.78 is 6.93. The van der Waals surface area contributed by atoms with E-state index in [1.54, 1.807) is 28.0 Å². The Morgan fingerprint density at radius 1 is 1.24 bits per heavy atom. The van der Waals surface area contributed by atoms with Crippen molar-refractivity contribution in [1.82, 2.24) is 4.98 Å². The second-order valence-corrected chi connectivity index (χ2v) is 9.15. The average molecular weight is 428 g/mol. The molecule has 4 rings (SSSR count). The molecule has 0 spiro atoms. The van der Waals surface area contributed by atoms with E-state index in [1.807, 2.05) is 49.3 Å². The summed E-state index contributed by atoms with van der Waals surface area (Å²) in [7, 11) is 3.98. The summed E-state index contributed by atoms with van der Waals surface area (Å²) in [6.07, 6.45) is 4.13. The molecule has 2 aromatic carbocycles. The molecule has 2 heterocycles. The Hall–Kier alpha value is -2.09. The van der Waals surface area contributed by atoms with Gasteiger partial charge < -0.3 is 9.64 Å². The van der Waals surface area contributed by atoms with Gasteiger partial charge in [-0.3, -0.25) is 9.69 Å². The number of amides is 1. The zero-order valence-corrected chi connectivity index (χ0v) is 18.6. The standard InChI is InChI=1S/C22H25N3O2S2/c1-24(2)16-11-9-15(10-12-16)21(26)25(14-17-6-5-13-27-17)22-23-20-18(28-3)7-4-8-19(20)29-22/h4,7-12,17H,5-6,13-14H2,1-3H3. The second kappa shape index (κ2) is 8.73. The number of nitrogens with zero attached hydrogens (tertiary/aromatic N) is 3. The average Bonchev–Trinajstić information content (AvgIpc) is 3.40. The summed E-state index contributed by atoms with van der Waals surface area (Å²) in [5.41, 5.74) is 2.70. The van der Waals surface area contributed by atoms with Crippen LogP contribution in [0.25, 0.3) is 10.2 Å². The van der Waals surface area contributed by atoms with E-state index in [2.05, 4.69) is 18.4 Å². The molecule has 0 radical (unpaired) electrons. The van der Waals surface area contributed by atoms with Crippen LogP contribution in [0.1, 0.15) is 23.2 Å². The number of thioether (sulfide) groups is 1. The van der Waals surface area contributed by atoms with Crippen LogP contribution in [-0.2, 0) is 4.74 Å². The number of hydrogen-bond donors (Lipinski definition) is 0. The number of carbonyl (C=O) groups excluding carboxylic acids is 1. The van der Waals surface area contributed by atoms with Crippen LogP contribution < -0.4 is 9.80 Å². The lowest BCUT2D eigenvalue weighted by Crippen LogP contribution is -2.37. The Morgan fingerprint density at radius 3 is 2.69 bits per heavy atom. The molecule has 152 valence electrons. The fourth-order valence-corrected chi connectivity index (χ4v) is 5.12. The maximum Gasteiger partial charge on any atom is 0.260 e. The van der Waals surface area contributed by atoms with E-state index in [1.165, 1.54) is 0 Å². The molecule has 0 bridgehead atoms. The molecule has 1 fully saturated rings. The molecule has 29 heavy (non-hydrogen) atoms. The minimum Gasteiger partial charge on any atom is -0.378 e. The Kier molecular flexibility index (Phi) is 6.08. The summed E-state index contributed by atoms with van der Waals surface area (Å²) in [6.45, 7) is 1.30. The number of ether oxygens (including phenoxy) is 1. The molecule has 1 amide bonds. The predicted molar refractivity (Wildman–Crippen MR) is 123 cm³/mol. The van der Waals surface area contributed by atoms with E-state index >= 15 is 0 Å². The molecule has 0 aliphatic carbocycles. The summed E-state index contributed by atoms with van der Waals surface area (Å²) >= 11 is 3.24. The molecule has 0 saturated carbocycles. The Balaban J connectivity index is 1.70. The number of hydrogen-bond acceptors (Lipinski definition) is 6. The van der Waals surface area contributed by atoms with Crippen LogP contribution in [0.15, 0.2) is 47.4 Å². The second-order valence-electron chi connectivity index (χ2n) is 7.30. The first-order chi connectivity index (χ1) is 14.1. The number of carbonyl (C=O) groups is 1. The quantitative estimate of drug-likeness (QED) is 0.523. The fourth-order valence-electron chi connectivity index (χ4n) is 3.49. The van der Waals surface area contributed by atoms with Gasteiger partial charge in [0.1, 0.15) is 0 Å². The lowest BCUT2D eigenvalue weighted by Gasteiger charge is -2.23. The first kappa shape index (κ1) is 20.2. The molecule has 1 saturated heterocycles. The topological polar surface area (TPSA) is 45.7 Å². The molecule has 1 aromatic heterocycles. The highest BCUT2D eigenvalue weighted by Crippen LogP contribution is 2.35. The molecule has 3 aromatic rings. The highest BCUT2D eigenvalue weighted by molar-refractivity contribution is 7.98. The third-order valence-electron chi connectivity index (χ3n) is 5.11. The van der Waals surface area contributed by atoms with Gasteiger partial charge in [0, 0.05) is 36.8 Å². The van der Waals surface area contributed by atoms with Crippen molar-refractivity contribution in [2.75, 3.05) is 43.3 Å². The Labute approximate surface area is 179 Å². The monoisotopic (exact) mass is 427 g/mol. The number of anilines is 2.